The fraction of sp³-hybridized carbons (Fsp3) is 0.286. The average Bonchev–Trinajstić information content (AvgIpc) is 3.15. The van der Waals surface area contributed by atoms with Crippen molar-refractivity contribution in [2.75, 3.05) is 12.4 Å². The standard InChI is InChI=1S/C14H18N2S/c1-4-11-9-12(11)10(2)16-17-14-8-6-5-7-13(14)15-3/h4-8,11-12,15-16H,1-2,9H2,3H3. The molecule has 1 fully saturated rings. The van der Waals surface area contributed by atoms with Crippen LogP contribution in [0.15, 0.2) is 54.1 Å². The molecule has 2 atom stereocenters. The molecule has 3 heteroatoms. The van der Waals surface area contributed by atoms with Gasteiger partial charge in [0.2, 0.25) is 0 Å². The quantitative estimate of drug-likeness (QED) is 0.591. The van der Waals surface area contributed by atoms with Crippen molar-refractivity contribution in [3.05, 3.63) is 49.2 Å². The third kappa shape index (κ3) is 2.86. The van der Waals surface area contributed by atoms with E-state index in [4.69, 9.17) is 0 Å². The lowest BCUT2D eigenvalue weighted by Crippen LogP contribution is -2.05. The van der Waals surface area contributed by atoms with Gasteiger partial charge in [-0.1, -0.05) is 24.8 Å². The van der Waals surface area contributed by atoms with Gasteiger partial charge in [0, 0.05) is 24.4 Å². The van der Waals surface area contributed by atoms with E-state index in [0.717, 1.165) is 11.4 Å². The van der Waals surface area contributed by atoms with Crippen LogP contribution in [0.5, 0.6) is 0 Å². The molecule has 0 amide bonds. The maximum atomic E-state index is 4.09. The number of allylic oxidation sites excluding steroid dienone is 2. The van der Waals surface area contributed by atoms with Crippen molar-refractivity contribution in [3.63, 3.8) is 0 Å². The number of hydrogen-bond acceptors (Lipinski definition) is 3. The molecule has 1 saturated carbocycles. The molecule has 1 aliphatic carbocycles. The molecule has 1 aromatic rings. The maximum Gasteiger partial charge on any atom is 0.0516 e. The van der Waals surface area contributed by atoms with Crippen LogP contribution in [-0.4, -0.2) is 7.05 Å². The largest absolute Gasteiger partial charge is 0.387 e. The van der Waals surface area contributed by atoms with Crippen molar-refractivity contribution in [3.8, 4) is 0 Å². The Morgan fingerprint density at radius 2 is 2.24 bits per heavy atom. The molecule has 1 aromatic carbocycles. The van der Waals surface area contributed by atoms with E-state index in [1.807, 2.05) is 25.3 Å². The minimum atomic E-state index is 0.571. The van der Waals surface area contributed by atoms with E-state index in [-0.39, 0.29) is 0 Å². The molecule has 2 rings (SSSR count). The van der Waals surface area contributed by atoms with Crippen molar-refractivity contribution in [2.45, 2.75) is 11.3 Å². The highest BCUT2D eigenvalue weighted by Crippen LogP contribution is 2.44. The zero-order chi connectivity index (χ0) is 12.3. The minimum absolute atomic E-state index is 0.571. The van der Waals surface area contributed by atoms with Gasteiger partial charge in [0.05, 0.1) is 4.90 Å². The molecule has 17 heavy (non-hydrogen) atoms. The number of hydrogen-bond donors (Lipinski definition) is 2. The van der Waals surface area contributed by atoms with Crippen LogP contribution in [0, 0.1) is 11.8 Å². The molecule has 2 unspecified atom stereocenters. The Morgan fingerprint density at radius 1 is 1.47 bits per heavy atom. The minimum Gasteiger partial charge on any atom is -0.387 e. The zero-order valence-electron chi connectivity index (χ0n) is 10.1. The van der Waals surface area contributed by atoms with Gasteiger partial charge < -0.3 is 10.0 Å². The van der Waals surface area contributed by atoms with Crippen LogP contribution in [0.3, 0.4) is 0 Å². The summed E-state index contributed by atoms with van der Waals surface area (Å²) in [7, 11) is 1.93. The Hall–Kier alpha value is -1.35. The lowest BCUT2D eigenvalue weighted by molar-refractivity contribution is 0.886. The van der Waals surface area contributed by atoms with E-state index in [1.54, 1.807) is 11.9 Å². The predicted molar refractivity (Wildman–Crippen MR) is 75.9 cm³/mol. The summed E-state index contributed by atoms with van der Waals surface area (Å²) >= 11 is 1.61. The van der Waals surface area contributed by atoms with Gasteiger partial charge in [0.25, 0.3) is 0 Å². The van der Waals surface area contributed by atoms with Crippen molar-refractivity contribution in [1.29, 1.82) is 0 Å². The molecule has 1 aliphatic rings. The molecule has 0 aliphatic heterocycles. The number of rotatable bonds is 6. The van der Waals surface area contributed by atoms with Gasteiger partial charge in [-0.3, -0.25) is 0 Å². The molecule has 0 bridgehead atoms. The molecule has 0 saturated heterocycles. The van der Waals surface area contributed by atoms with Crippen LogP contribution in [0.2, 0.25) is 0 Å². The van der Waals surface area contributed by atoms with Gasteiger partial charge in [-0.05, 0) is 36.4 Å². The number of para-hydroxylation sites is 1. The first kappa shape index (κ1) is 12.1. The Morgan fingerprint density at radius 3 is 2.88 bits per heavy atom. The first-order valence-electron chi connectivity index (χ1n) is 5.77. The van der Waals surface area contributed by atoms with E-state index in [9.17, 15) is 0 Å². The molecule has 2 nitrogen and oxygen atoms in total. The van der Waals surface area contributed by atoms with Gasteiger partial charge in [-0.2, -0.15) is 0 Å². The number of nitrogens with one attached hydrogen (secondary N) is 2. The summed E-state index contributed by atoms with van der Waals surface area (Å²) in [5.41, 5.74) is 2.24. The normalized spacial score (nSPS) is 21.7. The second-order valence-electron chi connectivity index (χ2n) is 4.22. The molecular weight excluding hydrogens is 228 g/mol. The van der Waals surface area contributed by atoms with Crippen molar-refractivity contribution >= 4 is 17.6 Å². The highest BCUT2D eigenvalue weighted by Gasteiger charge is 2.36. The molecule has 0 aromatic heterocycles. The first-order valence-corrected chi connectivity index (χ1v) is 6.59. The fourth-order valence-corrected chi connectivity index (χ4v) is 2.65. The highest BCUT2D eigenvalue weighted by atomic mass is 32.2. The zero-order valence-corrected chi connectivity index (χ0v) is 10.9. The van der Waals surface area contributed by atoms with E-state index >= 15 is 0 Å². The number of benzene rings is 1. The van der Waals surface area contributed by atoms with Crippen LogP contribution >= 0.6 is 11.9 Å². The lowest BCUT2D eigenvalue weighted by atomic mass is 10.3. The van der Waals surface area contributed by atoms with Gasteiger partial charge in [-0.15, -0.1) is 6.58 Å². The fourth-order valence-electron chi connectivity index (χ4n) is 1.83. The number of anilines is 1. The third-order valence-corrected chi connectivity index (χ3v) is 3.98. The Labute approximate surface area is 107 Å². The van der Waals surface area contributed by atoms with Crippen LogP contribution in [0.4, 0.5) is 5.69 Å². The summed E-state index contributed by atoms with van der Waals surface area (Å²) in [5, 5.41) is 3.18. The smallest absolute Gasteiger partial charge is 0.0516 e. The summed E-state index contributed by atoms with van der Waals surface area (Å²) in [5.74, 6) is 1.19. The van der Waals surface area contributed by atoms with E-state index in [2.05, 4.69) is 35.3 Å². The lowest BCUT2D eigenvalue weighted by Gasteiger charge is -2.11. The van der Waals surface area contributed by atoms with E-state index in [0.29, 0.717) is 11.8 Å². The van der Waals surface area contributed by atoms with Gasteiger partial charge in [0.1, 0.15) is 0 Å². The molecular formula is C14H18N2S. The van der Waals surface area contributed by atoms with Crippen molar-refractivity contribution in [1.82, 2.24) is 4.72 Å². The molecule has 2 N–H and O–H groups in total. The van der Waals surface area contributed by atoms with Crippen LogP contribution in [0.25, 0.3) is 0 Å². The Bertz CT molecular complexity index is 428. The van der Waals surface area contributed by atoms with Crippen molar-refractivity contribution < 1.29 is 0 Å². The summed E-state index contributed by atoms with van der Waals surface area (Å²) in [4.78, 5) is 1.19. The van der Waals surface area contributed by atoms with E-state index in [1.165, 1.54) is 11.3 Å². The molecule has 0 heterocycles. The van der Waals surface area contributed by atoms with Gasteiger partial charge in [-0.25, -0.2) is 0 Å². The Balaban J connectivity index is 1.89. The maximum absolute atomic E-state index is 4.09. The second-order valence-corrected chi connectivity index (χ2v) is 5.07. The highest BCUT2D eigenvalue weighted by molar-refractivity contribution is 7.97. The monoisotopic (exact) mass is 246 g/mol. The Kier molecular flexibility index (Phi) is 3.79. The third-order valence-electron chi connectivity index (χ3n) is 3.04. The summed E-state index contributed by atoms with van der Waals surface area (Å²) < 4.78 is 3.33. The predicted octanol–water partition coefficient (Wildman–Crippen LogP) is 3.66. The van der Waals surface area contributed by atoms with Crippen LogP contribution in [0.1, 0.15) is 6.42 Å². The van der Waals surface area contributed by atoms with Gasteiger partial charge in [0.15, 0.2) is 0 Å². The molecule has 90 valence electrons. The van der Waals surface area contributed by atoms with E-state index < -0.39 is 0 Å². The molecule has 0 radical (unpaired) electrons. The SMILES string of the molecule is C=CC1CC1C(=C)NSc1ccccc1NC. The second kappa shape index (κ2) is 5.32. The summed E-state index contributed by atoms with van der Waals surface area (Å²) in [6.07, 6.45) is 3.20. The average molecular weight is 246 g/mol. The molecule has 0 spiro atoms. The summed E-state index contributed by atoms with van der Waals surface area (Å²) in [6.45, 7) is 7.90. The first-order chi connectivity index (χ1) is 8.26. The van der Waals surface area contributed by atoms with Crippen LogP contribution in [-0.2, 0) is 0 Å². The topological polar surface area (TPSA) is 24.1 Å². The summed E-state index contributed by atoms with van der Waals surface area (Å²) in [6, 6.07) is 8.22. The van der Waals surface area contributed by atoms with Gasteiger partial charge >= 0.3 is 0 Å². The van der Waals surface area contributed by atoms with Crippen LogP contribution < -0.4 is 10.0 Å². The van der Waals surface area contributed by atoms with Crippen molar-refractivity contribution in [2.24, 2.45) is 11.8 Å².